The first kappa shape index (κ1) is 17.2. The summed E-state index contributed by atoms with van der Waals surface area (Å²) < 4.78 is 1.98. The van der Waals surface area contributed by atoms with Gasteiger partial charge in [-0.15, -0.1) is 0 Å². The zero-order valence-electron chi connectivity index (χ0n) is 13.8. The Bertz CT molecular complexity index is 921. The Morgan fingerprint density at radius 2 is 1.92 bits per heavy atom. The fourth-order valence-electron chi connectivity index (χ4n) is 2.55. The number of nitrogens with zero attached hydrogens (tertiary/aromatic N) is 3. The number of carbonyl (C=O) groups is 1. The molecule has 3 N–H and O–H groups in total. The zero-order chi connectivity index (χ0) is 18.5. The number of amides is 1. The van der Waals surface area contributed by atoms with E-state index in [2.05, 4.69) is 10.3 Å². The molecule has 0 bridgehead atoms. The molecule has 0 fully saturated rings. The summed E-state index contributed by atoms with van der Waals surface area (Å²) in [5, 5.41) is 13.9. The van der Waals surface area contributed by atoms with Crippen LogP contribution < -0.4 is 11.1 Å². The van der Waals surface area contributed by atoms with Gasteiger partial charge in [0.15, 0.2) is 0 Å². The van der Waals surface area contributed by atoms with Crippen LogP contribution in [0.1, 0.15) is 21.5 Å². The van der Waals surface area contributed by atoms with Crippen LogP contribution in [0, 0.1) is 10.1 Å². The van der Waals surface area contributed by atoms with Crippen LogP contribution in [0.3, 0.4) is 0 Å². The molecule has 0 aliphatic heterocycles. The van der Waals surface area contributed by atoms with Crippen molar-refractivity contribution in [1.82, 2.24) is 9.55 Å². The van der Waals surface area contributed by atoms with E-state index in [1.807, 2.05) is 35.0 Å². The third-order valence-electron chi connectivity index (χ3n) is 3.91. The minimum Gasteiger partial charge on any atom is -0.380 e. The van der Waals surface area contributed by atoms with Gasteiger partial charge in [-0.1, -0.05) is 24.3 Å². The highest BCUT2D eigenvalue weighted by molar-refractivity contribution is 5.99. The third-order valence-corrected chi connectivity index (χ3v) is 3.91. The molecule has 132 valence electrons. The van der Waals surface area contributed by atoms with Gasteiger partial charge in [0.05, 0.1) is 16.8 Å². The number of hydrogen-bond acceptors (Lipinski definition) is 5. The number of nitro groups is 1. The molecule has 0 saturated heterocycles. The minimum absolute atomic E-state index is 0.0935. The average molecular weight is 351 g/mol. The number of hydrogen-bond donors (Lipinski definition) is 2. The molecule has 3 rings (SSSR count). The average Bonchev–Trinajstić information content (AvgIpc) is 3.14. The largest absolute Gasteiger partial charge is 0.380 e. The van der Waals surface area contributed by atoms with Crippen molar-refractivity contribution in [2.75, 3.05) is 5.32 Å². The Labute approximate surface area is 149 Å². The molecule has 0 atom stereocenters. The lowest BCUT2D eigenvalue weighted by Gasteiger charge is -2.11. The normalized spacial score (nSPS) is 10.5. The Balaban J connectivity index is 1.68. The molecule has 1 aromatic heterocycles. The van der Waals surface area contributed by atoms with Gasteiger partial charge >= 0.3 is 0 Å². The van der Waals surface area contributed by atoms with Gasteiger partial charge in [-0.05, 0) is 17.2 Å². The Morgan fingerprint density at radius 3 is 2.54 bits per heavy atom. The molecule has 0 spiro atoms. The van der Waals surface area contributed by atoms with Gasteiger partial charge in [0.2, 0.25) is 0 Å². The number of aromatic nitrogens is 2. The van der Waals surface area contributed by atoms with Gasteiger partial charge in [0.25, 0.3) is 11.6 Å². The number of benzene rings is 2. The number of nitro benzene ring substituents is 1. The van der Waals surface area contributed by atoms with E-state index in [4.69, 9.17) is 5.73 Å². The highest BCUT2D eigenvalue weighted by Gasteiger charge is 2.14. The van der Waals surface area contributed by atoms with Gasteiger partial charge in [-0.25, -0.2) is 4.98 Å². The molecule has 8 nitrogen and oxygen atoms in total. The topological polar surface area (TPSA) is 116 Å². The van der Waals surface area contributed by atoms with E-state index in [9.17, 15) is 14.9 Å². The molecule has 0 aliphatic rings. The standard InChI is InChI=1S/C18H17N5O3/c19-18(24)16-9-15(23(25)26)5-6-17(16)21-10-13-1-3-14(4-2-13)11-22-8-7-20-12-22/h1-9,12,21H,10-11H2,(H2,19,24). The molecule has 0 radical (unpaired) electrons. The summed E-state index contributed by atoms with van der Waals surface area (Å²) in [7, 11) is 0. The van der Waals surface area contributed by atoms with Crippen molar-refractivity contribution < 1.29 is 9.72 Å². The van der Waals surface area contributed by atoms with Gasteiger partial charge < -0.3 is 15.6 Å². The molecule has 26 heavy (non-hydrogen) atoms. The molecule has 1 heterocycles. The Hall–Kier alpha value is -3.68. The number of imidazole rings is 1. The van der Waals surface area contributed by atoms with Crippen LogP contribution >= 0.6 is 0 Å². The van der Waals surface area contributed by atoms with Crippen molar-refractivity contribution in [3.63, 3.8) is 0 Å². The number of nitrogens with two attached hydrogens (primary N) is 1. The summed E-state index contributed by atoms with van der Waals surface area (Å²) >= 11 is 0. The smallest absolute Gasteiger partial charge is 0.270 e. The van der Waals surface area contributed by atoms with Crippen molar-refractivity contribution in [1.29, 1.82) is 0 Å². The van der Waals surface area contributed by atoms with Gasteiger partial charge in [-0.3, -0.25) is 14.9 Å². The van der Waals surface area contributed by atoms with Crippen LogP contribution in [0.15, 0.2) is 61.2 Å². The number of rotatable bonds is 7. The summed E-state index contributed by atoms with van der Waals surface area (Å²) in [6.45, 7) is 1.20. The third kappa shape index (κ3) is 4.04. The molecule has 2 aromatic carbocycles. The van der Waals surface area contributed by atoms with Crippen molar-refractivity contribution in [2.45, 2.75) is 13.1 Å². The number of non-ortho nitro benzene ring substituents is 1. The zero-order valence-corrected chi connectivity index (χ0v) is 13.8. The van der Waals surface area contributed by atoms with Crippen LogP contribution in [-0.2, 0) is 13.1 Å². The van der Waals surface area contributed by atoms with Gasteiger partial charge in [0, 0.05) is 43.3 Å². The molecule has 0 aliphatic carbocycles. The SMILES string of the molecule is NC(=O)c1cc([N+](=O)[O-])ccc1NCc1ccc(Cn2ccnc2)cc1. The molecule has 1 amide bonds. The van der Waals surface area contributed by atoms with Crippen LogP contribution in [0.2, 0.25) is 0 Å². The fraction of sp³-hybridized carbons (Fsp3) is 0.111. The Morgan fingerprint density at radius 1 is 1.19 bits per heavy atom. The summed E-state index contributed by atoms with van der Waals surface area (Å²) in [6.07, 6.45) is 5.39. The minimum atomic E-state index is -0.716. The highest BCUT2D eigenvalue weighted by atomic mass is 16.6. The van der Waals surface area contributed by atoms with Crippen LogP contribution in [0.5, 0.6) is 0 Å². The molecule has 3 aromatic rings. The predicted octanol–water partition coefficient (Wildman–Crippen LogP) is 2.55. The van der Waals surface area contributed by atoms with Crippen molar-refractivity contribution in [3.05, 3.63) is 88.0 Å². The molecule has 0 unspecified atom stereocenters. The van der Waals surface area contributed by atoms with E-state index in [1.165, 1.54) is 18.2 Å². The highest BCUT2D eigenvalue weighted by Crippen LogP contribution is 2.22. The number of carbonyl (C=O) groups excluding carboxylic acids is 1. The van der Waals surface area contributed by atoms with Crippen molar-refractivity contribution in [2.24, 2.45) is 5.73 Å². The quantitative estimate of drug-likeness (QED) is 0.501. The first-order valence-corrected chi connectivity index (χ1v) is 7.88. The maximum atomic E-state index is 11.6. The number of nitrogens with one attached hydrogen (secondary N) is 1. The summed E-state index contributed by atoms with van der Waals surface area (Å²) in [6, 6.07) is 12.0. The molecular formula is C18H17N5O3. The second kappa shape index (κ2) is 7.47. The summed E-state index contributed by atoms with van der Waals surface area (Å²) in [5.74, 6) is -0.716. The second-order valence-corrected chi connectivity index (χ2v) is 5.76. The van der Waals surface area contributed by atoms with Gasteiger partial charge in [0.1, 0.15) is 0 Å². The molecule has 8 heteroatoms. The number of primary amides is 1. The van der Waals surface area contributed by atoms with Crippen LogP contribution in [-0.4, -0.2) is 20.4 Å². The van der Waals surface area contributed by atoms with Crippen LogP contribution in [0.4, 0.5) is 11.4 Å². The first-order valence-electron chi connectivity index (χ1n) is 7.88. The van der Waals surface area contributed by atoms with Gasteiger partial charge in [-0.2, -0.15) is 0 Å². The maximum absolute atomic E-state index is 11.6. The van der Waals surface area contributed by atoms with Crippen LogP contribution in [0.25, 0.3) is 0 Å². The van der Waals surface area contributed by atoms with E-state index in [-0.39, 0.29) is 11.3 Å². The maximum Gasteiger partial charge on any atom is 0.270 e. The predicted molar refractivity (Wildman–Crippen MR) is 96.7 cm³/mol. The lowest BCUT2D eigenvalue weighted by molar-refractivity contribution is -0.384. The lowest BCUT2D eigenvalue weighted by Crippen LogP contribution is -2.14. The summed E-state index contributed by atoms with van der Waals surface area (Å²) in [4.78, 5) is 25.8. The number of anilines is 1. The van der Waals surface area contributed by atoms with E-state index in [1.54, 1.807) is 12.5 Å². The Kier molecular flexibility index (Phi) is 4.93. The van der Waals surface area contributed by atoms with E-state index in [0.717, 1.165) is 17.7 Å². The van der Waals surface area contributed by atoms with Crippen molar-refractivity contribution in [3.8, 4) is 0 Å². The van der Waals surface area contributed by atoms with Crippen molar-refractivity contribution >= 4 is 17.3 Å². The molecular weight excluding hydrogens is 334 g/mol. The monoisotopic (exact) mass is 351 g/mol. The second-order valence-electron chi connectivity index (χ2n) is 5.76. The van der Waals surface area contributed by atoms with E-state index < -0.39 is 10.8 Å². The van der Waals surface area contributed by atoms with E-state index in [0.29, 0.717) is 12.2 Å². The lowest BCUT2D eigenvalue weighted by atomic mass is 10.1. The fourth-order valence-corrected chi connectivity index (χ4v) is 2.55. The molecule has 0 saturated carbocycles. The first-order chi connectivity index (χ1) is 12.5. The summed E-state index contributed by atoms with van der Waals surface area (Å²) in [5.41, 5.74) is 7.86. The van der Waals surface area contributed by atoms with E-state index >= 15 is 0 Å².